The summed E-state index contributed by atoms with van der Waals surface area (Å²) >= 11 is 17.3. The zero-order valence-electron chi connectivity index (χ0n) is 9.25. The topological polar surface area (TPSA) is 47.8 Å². The van der Waals surface area contributed by atoms with Crippen LogP contribution in [0.1, 0.15) is 16.2 Å². The SMILES string of the molecule is O=Cc1nc(Cl)n(-c2c(Cl)cc(C(F)(F)F)cc2Cl)n1. The summed E-state index contributed by atoms with van der Waals surface area (Å²) in [4.78, 5) is 14.1. The Labute approximate surface area is 125 Å². The second-order valence-corrected chi connectivity index (χ2v) is 4.71. The molecule has 10 heteroatoms. The lowest BCUT2D eigenvalue weighted by Crippen LogP contribution is -2.07. The lowest BCUT2D eigenvalue weighted by Gasteiger charge is -2.12. The van der Waals surface area contributed by atoms with E-state index in [4.69, 9.17) is 34.8 Å². The maximum atomic E-state index is 12.6. The first-order valence-electron chi connectivity index (χ1n) is 4.88. The monoisotopic (exact) mass is 343 g/mol. The van der Waals surface area contributed by atoms with Gasteiger partial charge < -0.3 is 0 Å². The van der Waals surface area contributed by atoms with Gasteiger partial charge in [-0.15, -0.1) is 5.10 Å². The van der Waals surface area contributed by atoms with Crippen LogP contribution >= 0.6 is 34.8 Å². The number of carbonyl (C=O) groups is 1. The van der Waals surface area contributed by atoms with Gasteiger partial charge in [-0.2, -0.15) is 22.8 Å². The summed E-state index contributed by atoms with van der Waals surface area (Å²) < 4.78 is 38.7. The Morgan fingerprint density at radius 3 is 2.10 bits per heavy atom. The Bertz CT molecular complexity index is 661. The lowest BCUT2D eigenvalue weighted by molar-refractivity contribution is -0.137. The van der Waals surface area contributed by atoms with Crippen molar-refractivity contribution in [1.29, 1.82) is 0 Å². The van der Waals surface area contributed by atoms with Crippen LogP contribution in [0.5, 0.6) is 0 Å². The fourth-order valence-corrected chi connectivity index (χ4v) is 2.29. The minimum Gasteiger partial charge on any atom is -0.294 e. The number of halogens is 6. The third-order valence-corrected chi connectivity index (χ3v) is 3.07. The molecule has 0 saturated carbocycles. The molecule has 1 heterocycles. The number of benzene rings is 1. The lowest BCUT2D eigenvalue weighted by atomic mass is 10.2. The van der Waals surface area contributed by atoms with E-state index >= 15 is 0 Å². The summed E-state index contributed by atoms with van der Waals surface area (Å²) in [5.41, 5.74) is -1.10. The third-order valence-electron chi connectivity index (χ3n) is 2.25. The molecule has 0 N–H and O–H groups in total. The van der Waals surface area contributed by atoms with Gasteiger partial charge in [0.2, 0.25) is 11.1 Å². The van der Waals surface area contributed by atoms with Gasteiger partial charge >= 0.3 is 6.18 Å². The highest BCUT2D eigenvalue weighted by Crippen LogP contribution is 2.37. The normalized spacial score (nSPS) is 11.7. The largest absolute Gasteiger partial charge is 0.416 e. The van der Waals surface area contributed by atoms with E-state index in [0.29, 0.717) is 18.4 Å². The molecule has 2 aromatic rings. The Morgan fingerprint density at radius 2 is 1.70 bits per heavy atom. The molecule has 0 amide bonds. The molecule has 2 rings (SSSR count). The zero-order valence-corrected chi connectivity index (χ0v) is 11.5. The summed E-state index contributed by atoms with van der Waals surface area (Å²) in [7, 11) is 0. The van der Waals surface area contributed by atoms with E-state index in [0.717, 1.165) is 4.68 Å². The molecule has 0 aliphatic rings. The standard InChI is InChI=1S/C10H3Cl3F3N3O/c11-5-1-4(10(14,15)16)2-6(12)8(5)19-9(13)17-7(3-20)18-19/h1-3H. The third kappa shape index (κ3) is 2.74. The number of rotatable bonds is 2. The quantitative estimate of drug-likeness (QED) is 0.772. The van der Waals surface area contributed by atoms with Crippen molar-refractivity contribution < 1.29 is 18.0 Å². The van der Waals surface area contributed by atoms with Crippen LogP contribution in [0.4, 0.5) is 13.2 Å². The van der Waals surface area contributed by atoms with Crippen LogP contribution in [0, 0.1) is 0 Å². The van der Waals surface area contributed by atoms with E-state index in [1.807, 2.05) is 0 Å². The van der Waals surface area contributed by atoms with E-state index in [1.165, 1.54) is 0 Å². The first-order valence-corrected chi connectivity index (χ1v) is 6.01. The molecular formula is C10H3Cl3F3N3O. The van der Waals surface area contributed by atoms with Crippen LogP contribution in [-0.4, -0.2) is 21.1 Å². The maximum Gasteiger partial charge on any atom is 0.416 e. The van der Waals surface area contributed by atoms with Gasteiger partial charge in [0.1, 0.15) is 5.69 Å². The van der Waals surface area contributed by atoms with Gasteiger partial charge in [-0.1, -0.05) is 23.2 Å². The average molecular weight is 345 g/mol. The van der Waals surface area contributed by atoms with Crippen LogP contribution in [0.15, 0.2) is 12.1 Å². The van der Waals surface area contributed by atoms with Crippen molar-refractivity contribution in [2.45, 2.75) is 6.18 Å². The van der Waals surface area contributed by atoms with Gasteiger partial charge in [-0.05, 0) is 23.7 Å². The molecule has 20 heavy (non-hydrogen) atoms. The van der Waals surface area contributed by atoms with Crippen molar-refractivity contribution in [3.63, 3.8) is 0 Å². The van der Waals surface area contributed by atoms with Gasteiger partial charge in [0.15, 0.2) is 6.29 Å². The first-order chi connectivity index (χ1) is 9.24. The summed E-state index contributed by atoms with van der Waals surface area (Å²) in [6.07, 6.45) is -4.26. The molecule has 1 aromatic heterocycles. The first kappa shape index (κ1) is 15.1. The van der Waals surface area contributed by atoms with Crippen molar-refractivity contribution >= 4 is 41.1 Å². The predicted molar refractivity (Wildman–Crippen MR) is 66.8 cm³/mol. The molecule has 4 nitrogen and oxygen atoms in total. The molecule has 0 fully saturated rings. The van der Waals surface area contributed by atoms with E-state index in [1.54, 1.807) is 0 Å². The van der Waals surface area contributed by atoms with Gasteiger partial charge in [-0.3, -0.25) is 4.79 Å². The molecule has 0 spiro atoms. The maximum absolute atomic E-state index is 12.6. The Kier molecular flexibility index (Phi) is 3.95. The second kappa shape index (κ2) is 5.23. The Balaban J connectivity index is 2.63. The molecule has 106 valence electrons. The highest BCUT2D eigenvalue weighted by atomic mass is 35.5. The van der Waals surface area contributed by atoms with E-state index < -0.39 is 11.7 Å². The van der Waals surface area contributed by atoms with Gasteiger partial charge in [0, 0.05) is 0 Å². The molecule has 0 aliphatic carbocycles. The molecule has 0 radical (unpaired) electrons. The van der Waals surface area contributed by atoms with Crippen LogP contribution in [0.25, 0.3) is 5.69 Å². The molecule has 0 aliphatic heterocycles. The van der Waals surface area contributed by atoms with Crippen LogP contribution in [-0.2, 0) is 6.18 Å². The summed E-state index contributed by atoms with van der Waals surface area (Å²) in [6.45, 7) is 0. The van der Waals surface area contributed by atoms with Gasteiger partial charge in [0.05, 0.1) is 15.6 Å². The molecule has 0 atom stereocenters. The van der Waals surface area contributed by atoms with E-state index in [2.05, 4.69) is 10.1 Å². The van der Waals surface area contributed by atoms with Crippen molar-refractivity contribution in [2.24, 2.45) is 0 Å². The fraction of sp³-hybridized carbons (Fsp3) is 0.100. The van der Waals surface area contributed by atoms with Crippen LogP contribution in [0.2, 0.25) is 15.3 Å². The molecule has 1 aromatic carbocycles. The molecule has 0 unspecified atom stereocenters. The average Bonchev–Trinajstić information content (AvgIpc) is 2.69. The van der Waals surface area contributed by atoms with Gasteiger partial charge in [0.25, 0.3) is 0 Å². The van der Waals surface area contributed by atoms with E-state index in [9.17, 15) is 18.0 Å². The predicted octanol–water partition coefficient (Wildman–Crippen LogP) is 4.06. The number of aromatic nitrogens is 3. The number of carbonyl (C=O) groups excluding carboxylic acids is 1. The summed E-state index contributed by atoms with van der Waals surface area (Å²) in [5, 5.41) is 2.76. The van der Waals surface area contributed by atoms with Crippen molar-refractivity contribution in [3.8, 4) is 5.69 Å². The number of alkyl halides is 3. The minimum absolute atomic E-state index is 0.0908. The van der Waals surface area contributed by atoms with Crippen molar-refractivity contribution in [1.82, 2.24) is 14.8 Å². The van der Waals surface area contributed by atoms with Crippen LogP contribution < -0.4 is 0 Å². The summed E-state index contributed by atoms with van der Waals surface area (Å²) in [6, 6.07) is 1.36. The van der Waals surface area contributed by atoms with Crippen LogP contribution in [0.3, 0.4) is 0 Å². The second-order valence-electron chi connectivity index (χ2n) is 3.55. The number of hydrogen-bond donors (Lipinski definition) is 0. The Hall–Kier alpha value is -1.31. The number of aldehydes is 1. The van der Waals surface area contributed by atoms with Gasteiger partial charge in [-0.25, -0.2) is 0 Å². The Morgan fingerprint density at radius 1 is 1.15 bits per heavy atom. The smallest absolute Gasteiger partial charge is 0.294 e. The van der Waals surface area contributed by atoms with Crippen molar-refractivity contribution in [3.05, 3.63) is 38.8 Å². The molecule has 0 saturated heterocycles. The highest BCUT2D eigenvalue weighted by Gasteiger charge is 2.32. The number of nitrogens with zero attached hydrogens (tertiary/aromatic N) is 3. The molecule has 0 bridgehead atoms. The summed E-state index contributed by atoms with van der Waals surface area (Å²) in [5.74, 6) is -0.248. The van der Waals surface area contributed by atoms with E-state index in [-0.39, 0.29) is 26.8 Å². The zero-order chi connectivity index (χ0) is 15.1. The highest BCUT2D eigenvalue weighted by molar-refractivity contribution is 6.38. The molecular weight excluding hydrogens is 341 g/mol. The minimum atomic E-state index is -4.59. The van der Waals surface area contributed by atoms with Crippen molar-refractivity contribution in [2.75, 3.05) is 0 Å². The fourth-order valence-electron chi connectivity index (χ4n) is 1.43. The number of hydrogen-bond acceptors (Lipinski definition) is 3.